The Hall–Kier alpha value is -0.860. The Morgan fingerprint density at radius 1 is 1.13 bits per heavy atom. The lowest BCUT2D eigenvalue weighted by Crippen LogP contribution is -2.35. The van der Waals surface area contributed by atoms with Crippen molar-refractivity contribution in [1.29, 1.82) is 0 Å². The van der Waals surface area contributed by atoms with Gasteiger partial charge in [-0.25, -0.2) is 0 Å². The lowest BCUT2D eigenvalue weighted by Gasteiger charge is -2.28. The van der Waals surface area contributed by atoms with Gasteiger partial charge in [0.2, 0.25) is 0 Å². The molecule has 1 heterocycles. The molecule has 1 N–H and O–H groups in total. The van der Waals surface area contributed by atoms with Crippen molar-refractivity contribution >= 4 is 0 Å². The third-order valence-electron chi connectivity index (χ3n) is 3.31. The molecule has 1 aliphatic heterocycles. The fraction of sp³-hybridized carbons (Fsp3) is 0.538. The SMILES string of the molecule is C[C@H]([C@@H](O)c1ccccc1)N1CCCC1. The minimum absolute atomic E-state index is 0.231. The molecule has 1 saturated heterocycles. The van der Waals surface area contributed by atoms with Crippen LogP contribution in [0.4, 0.5) is 0 Å². The Morgan fingerprint density at radius 2 is 1.73 bits per heavy atom. The van der Waals surface area contributed by atoms with Gasteiger partial charge in [-0.3, -0.25) is 4.90 Å². The summed E-state index contributed by atoms with van der Waals surface area (Å²) in [6, 6.07) is 10.2. The topological polar surface area (TPSA) is 23.5 Å². The highest BCUT2D eigenvalue weighted by Crippen LogP contribution is 2.23. The summed E-state index contributed by atoms with van der Waals surface area (Å²) < 4.78 is 0. The van der Waals surface area contributed by atoms with Crippen LogP contribution in [-0.2, 0) is 0 Å². The summed E-state index contributed by atoms with van der Waals surface area (Å²) in [6.07, 6.45) is 2.18. The maximum absolute atomic E-state index is 10.2. The molecule has 0 unspecified atom stereocenters. The monoisotopic (exact) mass is 205 g/mol. The molecular weight excluding hydrogens is 186 g/mol. The van der Waals surface area contributed by atoms with Gasteiger partial charge >= 0.3 is 0 Å². The van der Waals surface area contributed by atoms with Gasteiger partial charge in [-0.05, 0) is 38.4 Å². The molecule has 1 aromatic rings. The van der Waals surface area contributed by atoms with E-state index in [1.54, 1.807) is 0 Å². The fourth-order valence-electron chi connectivity index (χ4n) is 2.28. The van der Waals surface area contributed by atoms with Crippen molar-refractivity contribution in [3.05, 3.63) is 35.9 Å². The predicted octanol–water partition coefficient (Wildman–Crippen LogP) is 2.20. The van der Waals surface area contributed by atoms with E-state index >= 15 is 0 Å². The van der Waals surface area contributed by atoms with Gasteiger partial charge in [0, 0.05) is 6.04 Å². The van der Waals surface area contributed by atoms with Crippen LogP contribution in [-0.4, -0.2) is 29.1 Å². The van der Waals surface area contributed by atoms with Gasteiger partial charge in [-0.2, -0.15) is 0 Å². The van der Waals surface area contributed by atoms with Crippen molar-refractivity contribution in [2.24, 2.45) is 0 Å². The molecule has 0 aromatic heterocycles. The maximum Gasteiger partial charge on any atom is 0.0942 e. The van der Waals surface area contributed by atoms with Gasteiger partial charge in [-0.15, -0.1) is 0 Å². The molecule has 0 aliphatic carbocycles. The van der Waals surface area contributed by atoms with Gasteiger partial charge < -0.3 is 5.11 Å². The quantitative estimate of drug-likeness (QED) is 0.817. The van der Waals surface area contributed by atoms with Gasteiger partial charge in [0.15, 0.2) is 0 Å². The van der Waals surface area contributed by atoms with Crippen molar-refractivity contribution in [3.63, 3.8) is 0 Å². The number of hydrogen-bond donors (Lipinski definition) is 1. The summed E-state index contributed by atoms with van der Waals surface area (Å²) in [6.45, 7) is 4.37. The van der Waals surface area contributed by atoms with Crippen LogP contribution < -0.4 is 0 Å². The molecule has 2 atom stereocenters. The Labute approximate surface area is 91.5 Å². The van der Waals surface area contributed by atoms with E-state index in [9.17, 15) is 5.11 Å². The first-order valence-corrected chi connectivity index (χ1v) is 5.76. The van der Waals surface area contributed by atoms with E-state index in [0.717, 1.165) is 18.7 Å². The first-order valence-electron chi connectivity index (χ1n) is 5.76. The van der Waals surface area contributed by atoms with E-state index in [1.807, 2.05) is 30.3 Å². The highest BCUT2D eigenvalue weighted by atomic mass is 16.3. The molecule has 1 aromatic carbocycles. The largest absolute Gasteiger partial charge is 0.387 e. The molecule has 0 amide bonds. The smallest absolute Gasteiger partial charge is 0.0942 e. The van der Waals surface area contributed by atoms with Crippen LogP contribution in [0.5, 0.6) is 0 Å². The summed E-state index contributed by atoms with van der Waals surface area (Å²) in [7, 11) is 0. The van der Waals surface area contributed by atoms with E-state index in [2.05, 4.69) is 11.8 Å². The third-order valence-corrected chi connectivity index (χ3v) is 3.31. The van der Waals surface area contributed by atoms with Crippen LogP contribution in [0.15, 0.2) is 30.3 Å². The Bertz CT molecular complexity index is 293. The Morgan fingerprint density at radius 3 is 2.33 bits per heavy atom. The van der Waals surface area contributed by atoms with E-state index in [1.165, 1.54) is 12.8 Å². The summed E-state index contributed by atoms with van der Waals surface area (Å²) in [5.74, 6) is 0. The van der Waals surface area contributed by atoms with Crippen LogP contribution in [0.1, 0.15) is 31.4 Å². The average Bonchev–Trinajstić information content (AvgIpc) is 2.82. The molecule has 15 heavy (non-hydrogen) atoms. The van der Waals surface area contributed by atoms with Crippen molar-refractivity contribution in [2.45, 2.75) is 31.9 Å². The number of hydrogen-bond acceptors (Lipinski definition) is 2. The lowest BCUT2D eigenvalue weighted by molar-refractivity contribution is 0.0716. The van der Waals surface area contributed by atoms with Crippen LogP contribution in [0.3, 0.4) is 0 Å². The Balaban J connectivity index is 2.03. The van der Waals surface area contributed by atoms with E-state index < -0.39 is 0 Å². The van der Waals surface area contributed by atoms with Crippen molar-refractivity contribution in [2.75, 3.05) is 13.1 Å². The first kappa shape index (κ1) is 10.7. The summed E-state index contributed by atoms with van der Waals surface area (Å²) in [4.78, 5) is 2.37. The molecule has 1 aliphatic rings. The highest BCUT2D eigenvalue weighted by Gasteiger charge is 2.24. The summed E-state index contributed by atoms with van der Waals surface area (Å²) >= 11 is 0. The van der Waals surface area contributed by atoms with Crippen LogP contribution in [0.25, 0.3) is 0 Å². The normalized spacial score (nSPS) is 21.5. The second kappa shape index (κ2) is 4.77. The minimum atomic E-state index is -0.357. The molecule has 2 rings (SSSR count). The van der Waals surface area contributed by atoms with Gasteiger partial charge in [0.05, 0.1) is 6.10 Å². The molecule has 1 fully saturated rings. The summed E-state index contributed by atoms with van der Waals surface area (Å²) in [5.41, 5.74) is 1.02. The standard InChI is InChI=1S/C13H19NO/c1-11(14-9-5-6-10-14)13(15)12-7-3-2-4-8-12/h2-4,7-8,11,13,15H,5-6,9-10H2,1H3/t11-,13-/m1/s1. The second-order valence-electron chi connectivity index (χ2n) is 4.34. The Kier molecular flexibility index (Phi) is 3.39. The number of nitrogens with zero attached hydrogens (tertiary/aromatic N) is 1. The molecule has 0 saturated carbocycles. The molecule has 0 bridgehead atoms. The molecule has 0 radical (unpaired) electrons. The lowest BCUT2D eigenvalue weighted by atomic mass is 10.0. The number of rotatable bonds is 3. The average molecular weight is 205 g/mol. The number of benzene rings is 1. The molecule has 0 spiro atoms. The zero-order valence-corrected chi connectivity index (χ0v) is 9.26. The molecular formula is C13H19NO. The van der Waals surface area contributed by atoms with Gasteiger partial charge in [0.25, 0.3) is 0 Å². The maximum atomic E-state index is 10.2. The van der Waals surface area contributed by atoms with E-state index in [-0.39, 0.29) is 12.1 Å². The van der Waals surface area contributed by atoms with Crippen LogP contribution in [0.2, 0.25) is 0 Å². The number of aliphatic hydroxyl groups excluding tert-OH is 1. The minimum Gasteiger partial charge on any atom is -0.387 e. The van der Waals surface area contributed by atoms with Crippen LogP contribution in [0, 0.1) is 0 Å². The predicted molar refractivity (Wildman–Crippen MR) is 61.7 cm³/mol. The van der Waals surface area contributed by atoms with E-state index in [4.69, 9.17) is 0 Å². The highest BCUT2D eigenvalue weighted by molar-refractivity contribution is 5.18. The number of aliphatic hydroxyl groups is 1. The fourth-order valence-corrected chi connectivity index (χ4v) is 2.28. The van der Waals surface area contributed by atoms with Gasteiger partial charge in [0.1, 0.15) is 0 Å². The third kappa shape index (κ3) is 2.39. The summed E-state index contributed by atoms with van der Waals surface area (Å²) in [5, 5.41) is 10.2. The molecule has 2 heteroatoms. The van der Waals surface area contributed by atoms with E-state index in [0.29, 0.717) is 0 Å². The van der Waals surface area contributed by atoms with Gasteiger partial charge in [-0.1, -0.05) is 30.3 Å². The van der Waals surface area contributed by atoms with Crippen molar-refractivity contribution < 1.29 is 5.11 Å². The molecule has 2 nitrogen and oxygen atoms in total. The molecule has 82 valence electrons. The number of likely N-dealkylation sites (tertiary alicyclic amines) is 1. The zero-order chi connectivity index (χ0) is 10.7. The zero-order valence-electron chi connectivity index (χ0n) is 9.26. The first-order chi connectivity index (χ1) is 7.29. The van der Waals surface area contributed by atoms with Crippen molar-refractivity contribution in [3.8, 4) is 0 Å². The van der Waals surface area contributed by atoms with Crippen LogP contribution >= 0.6 is 0 Å². The second-order valence-corrected chi connectivity index (χ2v) is 4.34. The van der Waals surface area contributed by atoms with Crippen molar-refractivity contribution in [1.82, 2.24) is 4.90 Å².